The first-order valence-electron chi connectivity index (χ1n) is 13.3. The van der Waals surface area contributed by atoms with E-state index in [-0.39, 0.29) is 25.9 Å². The zero-order valence-corrected chi connectivity index (χ0v) is 25.0. The highest BCUT2D eigenvalue weighted by Crippen LogP contribution is 2.43. The highest BCUT2D eigenvalue weighted by molar-refractivity contribution is 9.10. The number of likely N-dealkylation sites (tertiary alicyclic amines) is 1. The van der Waals surface area contributed by atoms with Crippen LogP contribution < -0.4 is 20.9 Å². The summed E-state index contributed by atoms with van der Waals surface area (Å²) < 4.78 is 24.3. The molecule has 2 aromatic heterocycles. The van der Waals surface area contributed by atoms with Crippen LogP contribution in [0.2, 0.25) is 0 Å². The number of aromatic nitrogens is 4. The van der Waals surface area contributed by atoms with E-state index in [0.29, 0.717) is 60.6 Å². The molecule has 0 aliphatic carbocycles. The molecule has 13 nitrogen and oxygen atoms in total. The second-order valence-corrected chi connectivity index (χ2v) is 11.6. The minimum absolute atomic E-state index is 0.194. The summed E-state index contributed by atoms with van der Waals surface area (Å²) in [5.74, 6) is 1.33. The SMILES string of the molecule is CC(OC(=O)COCCN)C(=O)N1CCC(CCn2c(Sc3cc4c(cc3Br)OCO4)nc3c(N)ncnc32)CC1. The number of piperidine rings is 1. The third-order valence-corrected chi connectivity index (χ3v) is 8.95. The van der Waals surface area contributed by atoms with Gasteiger partial charge in [-0.05, 0) is 60.2 Å². The molecule has 5 rings (SSSR count). The monoisotopic (exact) mass is 649 g/mol. The molecule has 1 fully saturated rings. The van der Waals surface area contributed by atoms with Crippen LogP contribution in [0.15, 0.2) is 33.0 Å². The van der Waals surface area contributed by atoms with Crippen molar-refractivity contribution in [1.82, 2.24) is 24.4 Å². The lowest BCUT2D eigenvalue weighted by Gasteiger charge is -2.33. The van der Waals surface area contributed by atoms with Crippen molar-refractivity contribution < 1.29 is 28.5 Å². The smallest absolute Gasteiger partial charge is 0.332 e. The van der Waals surface area contributed by atoms with Gasteiger partial charge in [0.1, 0.15) is 12.9 Å². The van der Waals surface area contributed by atoms with Gasteiger partial charge < -0.3 is 39.9 Å². The van der Waals surface area contributed by atoms with Crippen LogP contribution in [0, 0.1) is 5.92 Å². The van der Waals surface area contributed by atoms with Crippen LogP contribution in [-0.4, -0.2) is 82.0 Å². The second-order valence-electron chi connectivity index (χ2n) is 9.75. The number of ether oxygens (including phenoxy) is 4. The summed E-state index contributed by atoms with van der Waals surface area (Å²) in [6, 6.07) is 3.81. The first-order chi connectivity index (χ1) is 19.8. The molecule has 0 saturated carbocycles. The number of aryl methyl sites for hydroxylation is 1. The van der Waals surface area contributed by atoms with Gasteiger partial charge in [0, 0.05) is 35.5 Å². The molecule has 0 radical (unpaired) electrons. The Morgan fingerprint density at radius 2 is 1.98 bits per heavy atom. The molecule has 41 heavy (non-hydrogen) atoms. The molecular weight excluding hydrogens is 618 g/mol. The number of benzene rings is 1. The standard InChI is InChI=1S/C26H32BrN7O6S/c1-15(40-21(35)12-37-9-5-28)25(36)33-6-2-16(3-7-33)4-8-34-24-22(23(29)30-13-31-24)32-26(34)41-20-11-19-18(10-17(20)27)38-14-39-19/h10-11,13,15-16H,2-9,12,14,28H2,1H3,(H2,29,30,31). The number of carbonyl (C=O) groups is 2. The Labute approximate surface area is 249 Å². The maximum absolute atomic E-state index is 12.8. The van der Waals surface area contributed by atoms with Gasteiger partial charge in [-0.25, -0.2) is 19.7 Å². The summed E-state index contributed by atoms with van der Waals surface area (Å²) in [7, 11) is 0. The number of halogens is 1. The quantitative estimate of drug-likeness (QED) is 0.230. The van der Waals surface area contributed by atoms with E-state index in [2.05, 4.69) is 30.5 Å². The fourth-order valence-electron chi connectivity index (χ4n) is 4.82. The lowest BCUT2D eigenvalue weighted by atomic mass is 9.93. The topological polar surface area (TPSA) is 170 Å². The zero-order chi connectivity index (χ0) is 28.9. The summed E-state index contributed by atoms with van der Waals surface area (Å²) in [6.45, 7) is 4.00. The van der Waals surface area contributed by atoms with Gasteiger partial charge in [-0.2, -0.15) is 0 Å². The predicted molar refractivity (Wildman–Crippen MR) is 153 cm³/mol. The highest BCUT2D eigenvalue weighted by atomic mass is 79.9. The van der Waals surface area contributed by atoms with Crippen LogP contribution >= 0.6 is 27.7 Å². The van der Waals surface area contributed by atoms with Crippen LogP contribution in [0.4, 0.5) is 5.82 Å². The second kappa shape index (κ2) is 13.2. The Bertz CT molecular complexity index is 1410. The van der Waals surface area contributed by atoms with Crippen LogP contribution in [-0.2, 0) is 25.6 Å². The third-order valence-electron chi connectivity index (χ3n) is 6.98. The molecule has 0 bridgehead atoms. The number of amides is 1. The van der Waals surface area contributed by atoms with E-state index in [0.717, 1.165) is 33.8 Å². The molecule has 3 aromatic rings. The first kappa shape index (κ1) is 29.4. The predicted octanol–water partition coefficient (Wildman–Crippen LogP) is 2.59. The zero-order valence-electron chi connectivity index (χ0n) is 22.6. The van der Waals surface area contributed by atoms with Gasteiger partial charge >= 0.3 is 5.97 Å². The maximum Gasteiger partial charge on any atom is 0.332 e. The summed E-state index contributed by atoms with van der Waals surface area (Å²) in [5, 5.41) is 0.741. The number of carbonyl (C=O) groups excluding carboxylic acids is 2. The lowest BCUT2D eigenvalue weighted by molar-refractivity contribution is -0.163. The van der Waals surface area contributed by atoms with E-state index >= 15 is 0 Å². The highest BCUT2D eigenvalue weighted by Gasteiger charge is 2.29. The van der Waals surface area contributed by atoms with Gasteiger partial charge in [-0.1, -0.05) is 11.8 Å². The van der Waals surface area contributed by atoms with Gasteiger partial charge in [0.2, 0.25) is 6.79 Å². The number of nitrogens with zero attached hydrogens (tertiary/aromatic N) is 5. The normalized spacial score (nSPS) is 15.8. The molecule has 1 unspecified atom stereocenters. The average Bonchev–Trinajstić information content (AvgIpc) is 3.56. The summed E-state index contributed by atoms with van der Waals surface area (Å²) in [5.41, 5.74) is 12.7. The maximum atomic E-state index is 12.8. The van der Waals surface area contributed by atoms with Crippen LogP contribution in [0.1, 0.15) is 26.2 Å². The van der Waals surface area contributed by atoms with E-state index in [4.69, 9.17) is 35.4 Å². The summed E-state index contributed by atoms with van der Waals surface area (Å²) in [4.78, 5) is 40.8. The lowest BCUT2D eigenvalue weighted by Crippen LogP contribution is -2.44. The van der Waals surface area contributed by atoms with Gasteiger partial charge in [0.25, 0.3) is 5.91 Å². The Hall–Kier alpha value is -3.14. The number of anilines is 1. The Balaban J connectivity index is 1.21. The van der Waals surface area contributed by atoms with E-state index in [9.17, 15) is 9.59 Å². The number of nitrogen functional groups attached to an aromatic ring is 1. The van der Waals surface area contributed by atoms with Crippen molar-refractivity contribution in [3.63, 3.8) is 0 Å². The van der Waals surface area contributed by atoms with Crippen molar-refractivity contribution in [2.45, 2.75) is 48.9 Å². The Morgan fingerprint density at radius 3 is 2.73 bits per heavy atom. The van der Waals surface area contributed by atoms with Crippen LogP contribution in [0.5, 0.6) is 11.5 Å². The van der Waals surface area contributed by atoms with Crippen LogP contribution in [0.3, 0.4) is 0 Å². The minimum Gasteiger partial charge on any atom is -0.454 e. The van der Waals surface area contributed by atoms with Crippen molar-refractivity contribution in [2.24, 2.45) is 11.7 Å². The number of imidazole rings is 1. The van der Waals surface area contributed by atoms with E-state index < -0.39 is 12.1 Å². The first-order valence-corrected chi connectivity index (χ1v) is 14.9. The summed E-state index contributed by atoms with van der Waals surface area (Å²) >= 11 is 5.11. The number of rotatable bonds is 11. The molecule has 15 heteroatoms. The molecule has 2 aliphatic heterocycles. The van der Waals surface area contributed by atoms with Crippen molar-refractivity contribution in [3.8, 4) is 11.5 Å². The average molecular weight is 651 g/mol. The molecule has 220 valence electrons. The molecule has 4 N–H and O–H groups in total. The molecule has 2 aliphatic rings. The fraction of sp³-hybridized carbons (Fsp3) is 0.500. The molecular formula is C26H32BrN7O6S. The van der Waals surface area contributed by atoms with Crippen molar-refractivity contribution in [3.05, 3.63) is 22.9 Å². The Kier molecular flexibility index (Phi) is 9.47. The molecule has 1 atom stereocenters. The number of nitrogens with two attached hydrogens (primary N) is 2. The summed E-state index contributed by atoms with van der Waals surface area (Å²) in [6.07, 6.45) is 3.13. The number of hydrogen-bond acceptors (Lipinski definition) is 12. The molecule has 1 aromatic carbocycles. The fourth-order valence-corrected chi connectivity index (χ4v) is 6.33. The van der Waals surface area contributed by atoms with Gasteiger partial charge in [0.15, 0.2) is 39.7 Å². The van der Waals surface area contributed by atoms with Crippen molar-refractivity contribution >= 4 is 56.6 Å². The number of esters is 1. The molecule has 1 amide bonds. The largest absolute Gasteiger partial charge is 0.454 e. The molecule has 4 heterocycles. The van der Waals surface area contributed by atoms with Crippen molar-refractivity contribution in [1.29, 1.82) is 0 Å². The van der Waals surface area contributed by atoms with Gasteiger partial charge in [-0.3, -0.25) is 4.79 Å². The van der Waals surface area contributed by atoms with Crippen molar-refractivity contribution in [2.75, 3.05) is 45.4 Å². The molecule has 1 saturated heterocycles. The van der Waals surface area contributed by atoms with E-state index in [1.54, 1.807) is 11.8 Å². The Morgan fingerprint density at radius 1 is 1.22 bits per heavy atom. The number of fused-ring (bicyclic) bond motifs is 2. The van der Waals surface area contributed by atoms with E-state index in [1.807, 2.05) is 12.1 Å². The van der Waals surface area contributed by atoms with E-state index in [1.165, 1.54) is 18.1 Å². The van der Waals surface area contributed by atoms with Gasteiger partial charge in [-0.15, -0.1) is 0 Å². The van der Waals surface area contributed by atoms with Crippen LogP contribution in [0.25, 0.3) is 11.2 Å². The minimum atomic E-state index is -0.863. The van der Waals surface area contributed by atoms with Gasteiger partial charge in [0.05, 0.1) is 6.61 Å². The molecule has 0 spiro atoms. The third kappa shape index (κ3) is 6.85. The number of hydrogen-bond donors (Lipinski definition) is 2.